The summed E-state index contributed by atoms with van der Waals surface area (Å²) in [5.41, 5.74) is 1.74. The summed E-state index contributed by atoms with van der Waals surface area (Å²) < 4.78 is 0. The molecule has 1 aliphatic carbocycles. The lowest BCUT2D eigenvalue weighted by molar-refractivity contribution is 0.0697. The second kappa shape index (κ2) is 7.13. The molecule has 21 heavy (non-hydrogen) atoms. The molecule has 0 fully saturated rings. The number of nitrogens with one attached hydrogen (secondary N) is 2. The Bertz CT molecular complexity index is 584. The highest BCUT2D eigenvalue weighted by Gasteiger charge is 2.10. The molecule has 1 aromatic carbocycles. The number of allylic oxidation sites excluding steroid dienone is 1. The minimum atomic E-state index is -1.07. The smallest absolute Gasteiger partial charge is 0.335 e. The number of carbonyl (C=O) groups excluding carboxylic acids is 1. The Morgan fingerprint density at radius 3 is 2.81 bits per heavy atom. The van der Waals surface area contributed by atoms with Gasteiger partial charge in [-0.25, -0.2) is 9.59 Å². The molecule has 0 atom stereocenters. The number of carboxylic acid groups (broad SMARTS) is 1. The van der Waals surface area contributed by atoms with Crippen molar-refractivity contribution in [3.63, 3.8) is 0 Å². The third-order valence-electron chi connectivity index (χ3n) is 3.33. The Morgan fingerprint density at radius 1 is 1.33 bits per heavy atom. The normalized spacial score (nSPS) is 13.7. The van der Waals surface area contributed by atoms with E-state index in [1.807, 2.05) is 0 Å². The van der Waals surface area contributed by atoms with Gasteiger partial charge in [0.1, 0.15) is 0 Å². The average Bonchev–Trinajstić information content (AvgIpc) is 2.94. The number of hydrogen-bond acceptors (Lipinski definition) is 2. The molecule has 2 amide bonds. The molecule has 0 radical (unpaired) electrons. The van der Waals surface area contributed by atoms with Crippen molar-refractivity contribution < 1.29 is 14.7 Å². The Kier molecular flexibility index (Phi) is 5.22. The highest BCUT2D eigenvalue weighted by atomic mass is 35.5. The van der Waals surface area contributed by atoms with Crippen LogP contribution in [0.5, 0.6) is 0 Å². The van der Waals surface area contributed by atoms with Gasteiger partial charge < -0.3 is 15.7 Å². The van der Waals surface area contributed by atoms with E-state index >= 15 is 0 Å². The van der Waals surface area contributed by atoms with E-state index in [4.69, 9.17) is 16.7 Å². The minimum Gasteiger partial charge on any atom is -0.478 e. The van der Waals surface area contributed by atoms with Crippen molar-refractivity contribution in [3.8, 4) is 0 Å². The van der Waals surface area contributed by atoms with Gasteiger partial charge in [0, 0.05) is 6.54 Å². The maximum absolute atomic E-state index is 11.8. The molecule has 1 aliphatic rings. The van der Waals surface area contributed by atoms with Crippen LogP contribution in [-0.4, -0.2) is 23.7 Å². The van der Waals surface area contributed by atoms with E-state index in [9.17, 15) is 9.59 Å². The zero-order valence-corrected chi connectivity index (χ0v) is 12.2. The van der Waals surface area contributed by atoms with Crippen LogP contribution < -0.4 is 10.6 Å². The van der Waals surface area contributed by atoms with E-state index < -0.39 is 12.0 Å². The van der Waals surface area contributed by atoms with Gasteiger partial charge in [-0.2, -0.15) is 0 Å². The molecule has 1 aromatic rings. The second-order valence-electron chi connectivity index (χ2n) is 4.89. The molecule has 0 heterocycles. The molecule has 0 aromatic heterocycles. The third kappa shape index (κ3) is 4.49. The first-order chi connectivity index (χ1) is 10.1. The van der Waals surface area contributed by atoms with E-state index in [1.165, 1.54) is 30.2 Å². The first-order valence-electron chi connectivity index (χ1n) is 6.82. The first kappa shape index (κ1) is 15.4. The molecule has 0 unspecified atom stereocenters. The lowest BCUT2D eigenvalue weighted by Gasteiger charge is -2.10. The topological polar surface area (TPSA) is 78.4 Å². The highest BCUT2D eigenvalue weighted by Crippen LogP contribution is 2.23. The molecular formula is C15H17ClN2O3. The third-order valence-corrected chi connectivity index (χ3v) is 3.66. The Hall–Kier alpha value is -2.01. The van der Waals surface area contributed by atoms with Gasteiger partial charge in [-0.3, -0.25) is 0 Å². The number of aromatic carboxylic acids is 1. The van der Waals surface area contributed by atoms with Crippen LogP contribution in [-0.2, 0) is 0 Å². The molecule has 6 heteroatoms. The fraction of sp³-hybridized carbons (Fsp3) is 0.333. The van der Waals surface area contributed by atoms with Gasteiger partial charge in [-0.05, 0) is 43.9 Å². The van der Waals surface area contributed by atoms with Crippen molar-refractivity contribution in [2.24, 2.45) is 0 Å². The maximum atomic E-state index is 11.8. The van der Waals surface area contributed by atoms with Crippen LogP contribution in [0.25, 0.3) is 0 Å². The molecule has 0 saturated carbocycles. The van der Waals surface area contributed by atoms with Crippen LogP contribution in [0, 0.1) is 0 Å². The van der Waals surface area contributed by atoms with Crippen molar-refractivity contribution in [2.45, 2.75) is 25.7 Å². The summed E-state index contributed by atoms with van der Waals surface area (Å²) in [4.78, 5) is 22.7. The van der Waals surface area contributed by atoms with E-state index in [0.29, 0.717) is 11.6 Å². The number of halogens is 1. The number of anilines is 1. The summed E-state index contributed by atoms with van der Waals surface area (Å²) in [5, 5.41) is 14.5. The van der Waals surface area contributed by atoms with Crippen LogP contribution in [0.3, 0.4) is 0 Å². The lowest BCUT2D eigenvalue weighted by Crippen LogP contribution is -2.29. The molecule has 0 spiro atoms. The van der Waals surface area contributed by atoms with Crippen molar-refractivity contribution >= 4 is 29.3 Å². The van der Waals surface area contributed by atoms with Gasteiger partial charge in [-0.1, -0.05) is 23.3 Å². The molecule has 2 rings (SSSR count). The van der Waals surface area contributed by atoms with Gasteiger partial charge in [0.2, 0.25) is 0 Å². The number of hydrogen-bond donors (Lipinski definition) is 3. The van der Waals surface area contributed by atoms with Crippen LogP contribution in [0.1, 0.15) is 36.0 Å². The number of urea groups is 1. The van der Waals surface area contributed by atoms with Gasteiger partial charge in [0.15, 0.2) is 0 Å². The fourth-order valence-electron chi connectivity index (χ4n) is 2.22. The summed E-state index contributed by atoms with van der Waals surface area (Å²) >= 11 is 5.94. The first-order valence-corrected chi connectivity index (χ1v) is 7.19. The van der Waals surface area contributed by atoms with E-state index in [0.717, 1.165) is 19.3 Å². The van der Waals surface area contributed by atoms with Crippen LogP contribution in [0.4, 0.5) is 10.5 Å². The van der Waals surface area contributed by atoms with E-state index in [-0.39, 0.29) is 11.3 Å². The van der Waals surface area contributed by atoms with Crippen molar-refractivity contribution in [1.29, 1.82) is 0 Å². The Balaban J connectivity index is 1.86. The summed E-state index contributed by atoms with van der Waals surface area (Å²) in [7, 11) is 0. The molecule has 5 nitrogen and oxygen atoms in total. The minimum absolute atomic E-state index is 0.0748. The van der Waals surface area contributed by atoms with Crippen LogP contribution >= 0.6 is 11.6 Å². The zero-order chi connectivity index (χ0) is 15.2. The standard InChI is InChI=1S/C15H17ClN2O3/c16-12-6-5-11(14(19)20)9-13(12)18-15(21)17-8-7-10-3-1-2-4-10/h3,5-6,9H,1-2,4,7-8H2,(H,19,20)(H2,17,18,21). The van der Waals surface area contributed by atoms with Crippen LogP contribution in [0.2, 0.25) is 5.02 Å². The Labute approximate surface area is 128 Å². The summed E-state index contributed by atoms with van der Waals surface area (Å²) in [6.07, 6.45) is 6.48. The molecule has 0 saturated heterocycles. The summed E-state index contributed by atoms with van der Waals surface area (Å²) in [5.74, 6) is -1.07. The maximum Gasteiger partial charge on any atom is 0.335 e. The van der Waals surface area contributed by atoms with E-state index in [1.54, 1.807) is 0 Å². The number of benzene rings is 1. The largest absolute Gasteiger partial charge is 0.478 e. The highest BCUT2D eigenvalue weighted by molar-refractivity contribution is 6.33. The monoisotopic (exact) mass is 308 g/mol. The van der Waals surface area contributed by atoms with Gasteiger partial charge in [-0.15, -0.1) is 0 Å². The molecule has 0 aliphatic heterocycles. The molecule has 112 valence electrons. The average molecular weight is 309 g/mol. The number of rotatable bonds is 5. The van der Waals surface area contributed by atoms with Crippen molar-refractivity contribution in [1.82, 2.24) is 5.32 Å². The Morgan fingerprint density at radius 2 is 2.14 bits per heavy atom. The zero-order valence-electron chi connectivity index (χ0n) is 11.5. The lowest BCUT2D eigenvalue weighted by atomic mass is 10.2. The van der Waals surface area contributed by atoms with Gasteiger partial charge in [0.25, 0.3) is 0 Å². The molecular weight excluding hydrogens is 292 g/mol. The summed E-state index contributed by atoms with van der Waals surface area (Å²) in [6, 6.07) is 3.78. The fourth-order valence-corrected chi connectivity index (χ4v) is 2.39. The van der Waals surface area contributed by atoms with Crippen molar-refractivity contribution in [3.05, 3.63) is 40.4 Å². The number of carbonyl (C=O) groups is 2. The number of amides is 2. The SMILES string of the molecule is O=C(NCCC1=CCCC1)Nc1cc(C(=O)O)ccc1Cl. The quantitative estimate of drug-likeness (QED) is 0.726. The number of carboxylic acids is 1. The van der Waals surface area contributed by atoms with E-state index in [2.05, 4.69) is 16.7 Å². The molecule has 3 N–H and O–H groups in total. The second-order valence-corrected chi connectivity index (χ2v) is 5.29. The predicted octanol–water partition coefficient (Wildman–Crippen LogP) is 3.66. The van der Waals surface area contributed by atoms with Gasteiger partial charge in [0.05, 0.1) is 16.3 Å². The van der Waals surface area contributed by atoms with Gasteiger partial charge >= 0.3 is 12.0 Å². The predicted molar refractivity (Wildman–Crippen MR) is 82.0 cm³/mol. The van der Waals surface area contributed by atoms with Crippen LogP contribution in [0.15, 0.2) is 29.8 Å². The van der Waals surface area contributed by atoms with Crippen molar-refractivity contribution in [2.75, 3.05) is 11.9 Å². The molecule has 0 bridgehead atoms. The summed E-state index contributed by atoms with van der Waals surface area (Å²) in [6.45, 7) is 0.550.